The maximum absolute atomic E-state index is 13.8. The lowest BCUT2D eigenvalue weighted by Crippen LogP contribution is -2.18. The fourth-order valence-electron chi connectivity index (χ4n) is 4.31. The molecule has 1 aliphatic carbocycles. The average Bonchev–Trinajstić information content (AvgIpc) is 3.37. The summed E-state index contributed by atoms with van der Waals surface area (Å²) in [7, 11) is 1.34. The van der Waals surface area contributed by atoms with Crippen molar-refractivity contribution in [3.63, 3.8) is 0 Å². The van der Waals surface area contributed by atoms with Crippen molar-refractivity contribution in [3.8, 4) is 5.00 Å². The summed E-state index contributed by atoms with van der Waals surface area (Å²) in [6.07, 6.45) is -3.63. The summed E-state index contributed by atoms with van der Waals surface area (Å²) in [5.74, 6) is 0.547. The number of thiophene rings is 1. The molecular formula is C21H17F3N4O2S. The summed E-state index contributed by atoms with van der Waals surface area (Å²) in [6, 6.07) is 5.46. The predicted octanol–water partition coefficient (Wildman–Crippen LogP) is 3.89. The molecule has 1 unspecified atom stereocenters. The van der Waals surface area contributed by atoms with Crippen LogP contribution in [-0.2, 0) is 35.1 Å². The summed E-state index contributed by atoms with van der Waals surface area (Å²) in [5.41, 5.74) is 1.04. The number of benzene rings is 1. The topological polar surface area (TPSA) is 69.4 Å². The number of fused-ring (bicyclic) bond motifs is 5. The molecule has 0 bridgehead atoms. The molecule has 31 heavy (non-hydrogen) atoms. The molecule has 0 radical (unpaired) electrons. The van der Waals surface area contributed by atoms with E-state index < -0.39 is 11.7 Å². The van der Waals surface area contributed by atoms with Crippen molar-refractivity contribution in [2.45, 2.75) is 32.5 Å². The van der Waals surface area contributed by atoms with Gasteiger partial charge in [0.05, 0.1) is 24.3 Å². The summed E-state index contributed by atoms with van der Waals surface area (Å²) in [5, 5.41) is 9.05. The highest BCUT2D eigenvalue weighted by atomic mass is 32.1. The number of methoxy groups -OCH3 is 1. The number of aromatic nitrogens is 3. The first-order valence-corrected chi connectivity index (χ1v) is 10.5. The van der Waals surface area contributed by atoms with E-state index in [1.54, 1.807) is 13.0 Å². The highest BCUT2D eigenvalue weighted by Crippen LogP contribution is 2.44. The maximum atomic E-state index is 13.8. The SMILES string of the molecule is COC(=O)C1Cc2sc3c(c2C1)C(c1ccccc1C(F)(F)F)=NCc1nnc(C)n1-3. The van der Waals surface area contributed by atoms with Crippen molar-refractivity contribution in [2.24, 2.45) is 10.9 Å². The lowest BCUT2D eigenvalue weighted by atomic mass is 9.94. The van der Waals surface area contributed by atoms with Crippen molar-refractivity contribution in [2.75, 3.05) is 7.11 Å². The molecule has 0 saturated carbocycles. The van der Waals surface area contributed by atoms with Crippen LogP contribution < -0.4 is 0 Å². The van der Waals surface area contributed by atoms with Crippen LogP contribution in [0, 0.1) is 12.8 Å². The zero-order valence-electron chi connectivity index (χ0n) is 16.7. The Balaban J connectivity index is 1.75. The van der Waals surface area contributed by atoms with Crippen molar-refractivity contribution >= 4 is 23.0 Å². The van der Waals surface area contributed by atoms with Gasteiger partial charge in [-0.1, -0.05) is 18.2 Å². The Labute approximate surface area is 179 Å². The molecule has 0 saturated heterocycles. The van der Waals surface area contributed by atoms with Crippen LogP contribution in [0.15, 0.2) is 29.3 Å². The summed E-state index contributed by atoms with van der Waals surface area (Å²) in [6.45, 7) is 1.91. The van der Waals surface area contributed by atoms with Crippen LogP contribution in [0.1, 0.15) is 38.8 Å². The number of hydrogen-bond acceptors (Lipinski definition) is 6. The zero-order valence-corrected chi connectivity index (χ0v) is 17.5. The van der Waals surface area contributed by atoms with E-state index in [1.807, 2.05) is 4.57 Å². The van der Waals surface area contributed by atoms with Gasteiger partial charge in [-0.25, -0.2) is 0 Å². The Hall–Kier alpha value is -3.01. The molecule has 3 heterocycles. The van der Waals surface area contributed by atoms with Crippen LogP contribution in [0.3, 0.4) is 0 Å². The Morgan fingerprint density at radius 1 is 1.23 bits per heavy atom. The van der Waals surface area contributed by atoms with Gasteiger partial charge in [0.25, 0.3) is 0 Å². The van der Waals surface area contributed by atoms with Gasteiger partial charge in [-0.15, -0.1) is 21.5 Å². The second-order valence-corrected chi connectivity index (χ2v) is 8.60. The Morgan fingerprint density at radius 2 is 2.00 bits per heavy atom. The second kappa shape index (κ2) is 7.01. The van der Waals surface area contributed by atoms with E-state index in [9.17, 15) is 18.0 Å². The van der Waals surface area contributed by atoms with Gasteiger partial charge in [-0.05, 0) is 31.4 Å². The number of hydrogen-bond donors (Lipinski definition) is 0. The third-order valence-electron chi connectivity index (χ3n) is 5.69. The first kappa shape index (κ1) is 19.9. The number of carbonyl (C=O) groups excluding carboxylic acids is 1. The molecule has 1 atom stereocenters. The monoisotopic (exact) mass is 446 g/mol. The molecule has 6 nitrogen and oxygen atoms in total. The molecule has 0 spiro atoms. The molecule has 5 rings (SSSR count). The van der Waals surface area contributed by atoms with Crippen molar-refractivity contribution in [1.82, 2.24) is 14.8 Å². The molecule has 1 aromatic carbocycles. The van der Waals surface area contributed by atoms with E-state index in [-0.39, 0.29) is 29.7 Å². The standard InChI is InChI=1S/C21H17F3N4O2S/c1-10-26-27-16-9-25-18(12-5-3-4-6-14(12)21(22,23)24)17-13-7-11(20(29)30-2)8-15(13)31-19(17)28(10)16/h3-6,11H,7-9H2,1-2H3. The minimum absolute atomic E-state index is 0.0229. The third kappa shape index (κ3) is 3.08. The number of esters is 1. The third-order valence-corrected chi connectivity index (χ3v) is 6.93. The molecule has 2 aromatic heterocycles. The van der Waals surface area contributed by atoms with Crippen LogP contribution in [0.25, 0.3) is 5.00 Å². The quantitative estimate of drug-likeness (QED) is 0.560. The van der Waals surface area contributed by atoms with Crippen molar-refractivity contribution in [3.05, 3.63) is 63.0 Å². The van der Waals surface area contributed by atoms with E-state index in [2.05, 4.69) is 15.2 Å². The first-order chi connectivity index (χ1) is 14.8. The highest BCUT2D eigenvalue weighted by Gasteiger charge is 2.40. The largest absolute Gasteiger partial charge is 0.469 e. The van der Waals surface area contributed by atoms with Gasteiger partial charge in [-0.3, -0.25) is 14.4 Å². The number of aliphatic imine (C=N–C) groups is 1. The molecule has 3 aromatic rings. The molecule has 1 aliphatic heterocycles. The Kier molecular flexibility index (Phi) is 4.51. The number of halogens is 3. The van der Waals surface area contributed by atoms with Gasteiger partial charge in [0.2, 0.25) is 0 Å². The van der Waals surface area contributed by atoms with Crippen molar-refractivity contribution in [1.29, 1.82) is 0 Å². The molecule has 0 amide bonds. The van der Waals surface area contributed by atoms with Crippen LogP contribution in [-0.4, -0.2) is 33.6 Å². The summed E-state index contributed by atoms with van der Waals surface area (Å²) in [4.78, 5) is 17.7. The molecular weight excluding hydrogens is 429 g/mol. The highest BCUT2D eigenvalue weighted by molar-refractivity contribution is 7.15. The smallest absolute Gasteiger partial charge is 0.417 e. The summed E-state index contributed by atoms with van der Waals surface area (Å²) >= 11 is 1.46. The van der Waals surface area contributed by atoms with E-state index in [4.69, 9.17) is 4.74 Å². The number of nitrogens with zero attached hydrogens (tertiary/aromatic N) is 4. The number of ether oxygens (including phenoxy) is 1. The van der Waals surface area contributed by atoms with E-state index in [0.717, 1.165) is 21.5 Å². The molecule has 2 aliphatic rings. The second-order valence-electron chi connectivity index (χ2n) is 7.52. The number of rotatable bonds is 2. The minimum atomic E-state index is -4.52. The van der Waals surface area contributed by atoms with E-state index in [1.165, 1.54) is 30.6 Å². The molecule has 0 fully saturated rings. The minimum Gasteiger partial charge on any atom is -0.469 e. The number of carbonyl (C=O) groups is 1. The van der Waals surface area contributed by atoms with Gasteiger partial charge < -0.3 is 4.74 Å². The van der Waals surface area contributed by atoms with Crippen molar-refractivity contribution < 1.29 is 22.7 Å². The Bertz CT molecular complexity index is 1240. The van der Waals surface area contributed by atoms with Crippen LogP contribution in [0.2, 0.25) is 0 Å². The normalized spacial score (nSPS) is 17.5. The van der Waals surface area contributed by atoms with Gasteiger partial charge in [0, 0.05) is 16.0 Å². The van der Waals surface area contributed by atoms with E-state index >= 15 is 0 Å². The van der Waals surface area contributed by atoms with Gasteiger partial charge >= 0.3 is 12.1 Å². The fourth-order valence-corrected chi connectivity index (χ4v) is 5.79. The zero-order chi connectivity index (χ0) is 21.9. The van der Waals surface area contributed by atoms with Gasteiger partial charge in [0.1, 0.15) is 17.4 Å². The van der Waals surface area contributed by atoms with Crippen LogP contribution in [0.4, 0.5) is 13.2 Å². The predicted molar refractivity (Wildman–Crippen MR) is 108 cm³/mol. The van der Waals surface area contributed by atoms with E-state index in [0.29, 0.717) is 30.1 Å². The average molecular weight is 446 g/mol. The maximum Gasteiger partial charge on any atom is 0.417 e. The number of alkyl halides is 3. The first-order valence-electron chi connectivity index (χ1n) is 9.64. The fraction of sp³-hybridized carbons (Fsp3) is 0.333. The lowest BCUT2D eigenvalue weighted by molar-refractivity contribution is -0.145. The van der Waals surface area contributed by atoms with Crippen LogP contribution in [0.5, 0.6) is 0 Å². The van der Waals surface area contributed by atoms with Crippen LogP contribution >= 0.6 is 11.3 Å². The van der Waals surface area contributed by atoms with Gasteiger partial charge in [-0.2, -0.15) is 13.2 Å². The summed E-state index contributed by atoms with van der Waals surface area (Å²) < 4.78 is 48.2. The Morgan fingerprint density at radius 3 is 2.74 bits per heavy atom. The van der Waals surface area contributed by atoms with Gasteiger partial charge in [0.15, 0.2) is 5.82 Å². The molecule has 160 valence electrons. The lowest BCUT2D eigenvalue weighted by Gasteiger charge is -2.16. The molecule has 10 heteroatoms. The molecule has 0 N–H and O–H groups in total. The number of aryl methyl sites for hydroxylation is 1.